The summed E-state index contributed by atoms with van der Waals surface area (Å²) in [5, 5.41) is 2.51. The first-order valence-corrected chi connectivity index (χ1v) is 5.08. The minimum absolute atomic E-state index is 0.272. The van der Waals surface area contributed by atoms with E-state index in [2.05, 4.69) is 5.32 Å². The Bertz CT molecular complexity index is 364. The summed E-state index contributed by atoms with van der Waals surface area (Å²) in [6, 6.07) is 6.91. The predicted octanol–water partition coefficient (Wildman–Crippen LogP) is 2.66. The molecule has 2 rings (SSSR count). The minimum Gasteiger partial charge on any atom is -0.493 e. The molecule has 88 valence electrons. The Labute approximate surface area is 91.4 Å². The van der Waals surface area contributed by atoms with Crippen molar-refractivity contribution in [2.24, 2.45) is 0 Å². The van der Waals surface area contributed by atoms with Crippen LogP contribution < -0.4 is 10.1 Å². The highest BCUT2D eigenvalue weighted by atomic mass is 19.4. The Morgan fingerprint density at radius 1 is 1.31 bits per heavy atom. The highest BCUT2D eigenvalue weighted by Crippen LogP contribution is 2.31. The summed E-state index contributed by atoms with van der Waals surface area (Å²) in [6.45, 7) is -0.515. The van der Waals surface area contributed by atoms with Gasteiger partial charge in [0.1, 0.15) is 5.75 Å². The monoisotopic (exact) mass is 231 g/mol. The number of ether oxygens (including phenoxy) is 1. The number of halogens is 3. The van der Waals surface area contributed by atoms with Crippen molar-refractivity contribution in [1.29, 1.82) is 0 Å². The van der Waals surface area contributed by atoms with Gasteiger partial charge in [-0.2, -0.15) is 13.2 Å². The lowest BCUT2D eigenvalue weighted by atomic mass is 10.0. The van der Waals surface area contributed by atoms with Crippen LogP contribution in [0.4, 0.5) is 13.2 Å². The Hall–Kier alpha value is -1.23. The molecule has 0 aliphatic carbocycles. The molecule has 5 heteroatoms. The van der Waals surface area contributed by atoms with Gasteiger partial charge >= 0.3 is 6.18 Å². The van der Waals surface area contributed by atoms with E-state index in [0.29, 0.717) is 18.8 Å². The molecular weight excluding hydrogens is 219 g/mol. The van der Waals surface area contributed by atoms with E-state index in [1.165, 1.54) is 0 Å². The van der Waals surface area contributed by atoms with Gasteiger partial charge in [0.2, 0.25) is 0 Å². The predicted molar refractivity (Wildman–Crippen MR) is 53.4 cm³/mol. The van der Waals surface area contributed by atoms with Crippen molar-refractivity contribution in [2.75, 3.05) is 13.2 Å². The highest BCUT2D eigenvalue weighted by Gasteiger charge is 2.30. The fourth-order valence-corrected chi connectivity index (χ4v) is 1.79. The number of alkyl halides is 3. The second-order valence-electron chi connectivity index (χ2n) is 3.72. The number of hydrogen-bond donors (Lipinski definition) is 1. The summed E-state index contributed by atoms with van der Waals surface area (Å²) in [5.74, 6) is 0.674. The van der Waals surface area contributed by atoms with Crippen LogP contribution in [0.25, 0.3) is 0 Å². The van der Waals surface area contributed by atoms with Gasteiger partial charge < -0.3 is 10.1 Å². The smallest absolute Gasteiger partial charge is 0.401 e. The van der Waals surface area contributed by atoms with E-state index in [0.717, 1.165) is 5.56 Å². The van der Waals surface area contributed by atoms with E-state index in [-0.39, 0.29) is 6.04 Å². The number of benzene rings is 1. The summed E-state index contributed by atoms with van der Waals surface area (Å²) >= 11 is 0. The third-order valence-corrected chi connectivity index (χ3v) is 2.51. The molecule has 1 unspecified atom stereocenters. The molecule has 2 nitrogen and oxygen atoms in total. The Morgan fingerprint density at radius 2 is 2.06 bits per heavy atom. The largest absolute Gasteiger partial charge is 0.493 e. The summed E-state index contributed by atoms with van der Waals surface area (Å²) in [5.41, 5.74) is 0.804. The molecule has 0 fully saturated rings. The lowest BCUT2D eigenvalue weighted by Gasteiger charge is -2.27. The maximum Gasteiger partial charge on any atom is 0.401 e. The van der Waals surface area contributed by atoms with E-state index >= 15 is 0 Å². The molecular formula is C11H12F3NO. The van der Waals surface area contributed by atoms with Crippen molar-refractivity contribution in [2.45, 2.75) is 18.6 Å². The Kier molecular flexibility index (Phi) is 3.05. The molecule has 1 aliphatic heterocycles. The normalized spacial score (nSPS) is 20.1. The number of rotatable bonds is 2. The molecule has 1 aromatic carbocycles. The zero-order valence-electron chi connectivity index (χ0n) is 8.55. The fourth-order valence-electron chi connectivity index (χ4n) is 1.79. The molecule has 0 saturated carbocycles. The molecule has 0 amide bonds. The van der Waals surface area contributed by atoms with Crippen LogP contribution in [0, 0.1) is 0 Å². The number of fused-ring (bicyclic) bond motifs is 1. The van der Waals surface area contributed by atoms with Gasteiger partial charge in [-0.15, -0.1) is 0 Å². The van der Waals surface area contributed by atoms with Crippen LogP contribution in [-0.4, -0.2) is 19.3 Å². The molecule has 1 aliphatic rings. The van der Waals surface area contributed by atoms with Gasteiger partial charge in [0.15, 0.2) is 0 Å². The van der Waals surface area contributed by atoms with Crippen LogP contribution in [-0.2, 0) is 0 Å². The van der Waals surface area contributed by atoms with E-state index in [9.17, 15) is 13.2 Å². The summed E-state index contributed by atoms with van der Waals surface area (Å²) in [4.78, 5) is 0. The lowest BCUT2D eigenvalue weighted by molar-refractivity contribution is -0.126. The maximum atomic E-state index is 12.1. The van der Waals surface area contributed by atoms with Crippen LogP contribution in [0.5, 0.6) is 5.75 Å². The molecule has 1 heterocycles. The third kappa shape index (κ3) is 2.66. The second kappa shape index (κ2) is 4.33. The van der Waals surface area contributed by atoms with Gasteiger partial charge in [-0.1, -0.05) is 18.2 Å². The van der Waals surface area contributed by atoms with Gasteiger partial charge in [-0.05, 0) is 6.07 Å². The van der Waals surface area contributed by atoms with Crippen LogP contribution in [0.3, 0.4) is 0 Å². The number of hydrogen-bond acceptors (Lipinski definition) is 2. The fraction of sp³-hybridized carbons (Fsp3) is 0.455. The summed E-state index contributed by atoms with van der Waals surface area (Å²) in [7, 11) is 0. The van der Waals surface area contributed by atoms with Crippen LogP contribution in [0.1, 0.15) is 18.0 Å². The molecule has 1 aromatic rings. The van der Waals surface area contributed by atoms with Crippen molar-refractivity contribution in [3.63, 3.8) is 0 Å². The van der Waals surface area contributed by atoms with Crippen molar-refractivity contribution in [3.8, 4) is 5.75 Å². The van der Waals surface area contributed by atoms with Gasteiger partial charge in [-0.25, -0.2) is 0 Å². The van der Waals surface area contributed by atoms with Crippen molar-refractivity contribution >= 4 is 0 Å². The lowest BCUT2D eigenvalue weighted by Crippen LogP contribution is -2.34. The number of para-hydroxylation sites is 1. The Balaban J connectivity index is 2.07. The maximum absolute atomic E-state index is 12.1. The number of nitrogens with one attached hydrogen (secondary N) is 1. The van der Waals surface area contributed by atoms with E-state index in [4.69, 9.17) is 4.74 Å². The summed E-state index contributed by atoms with van der Waals surface area (Å²) < 4.78 is 41.6. The van der Waals surface area contributed by atoms with Gasteiger partial charge in [0.05, 0.1) is 13.2 Å². The molecule has 0 aromatic heterocycles. The van der Waals surface area contributed by atoms with E-state index < -0.39 is 12.7 Å². The average Bonchev–Trinajstić information content (AvgIpc) is 2.25. The van der Waals surface area contributed by atoms with Crippen LogP contribution >= 0.6 is 0 Å². The van der Waals surface area contributed by atoms with Crippen LogP contribution in [0.15, 0.2) is 24.3 Å². The van der Waals surface area contributed by atoms with Crippen LogP contribution in [0.2, 0.25) is 0 Å². The zero-order chi connectivity index (χ0) is 11.6. The quantitative estimate of drug-likeness (QED) is 0.844. The SMILES string of the molecule is FC(F)(F)CNC1CCOc2ccccc21. The average molecular weight is 231 g/mol. The zero-order valence-corrected chi connectivity index (χ0v) is 8.55. The van der Waals surface area contributed by atoms with E-state index in [1.54, 1.807) is 18.2 Å². The topological polar surface area (TPSA) is 21.3 Å². The third-order valence-electron chi connectivity index (χ3n) is 2.51. The van der Waals surface area contributed by atoms with Crippen molar-refractivity contribution in [3.05, 3.63) is 29.8 Å². The molecule has 1 N–H and O–H groups in total. The summed E-state index contributed by atoms with van der Waals surface area (Å²) in [6.07, 6.45) is -3.61. The standard InChI is InChI=1S/C11H12F3NO/c12-11(13,14)7-15-9-5-6-16-10-4-2-1-3-8(9)10/h1-4,9,15H,5-7H2. The molecule has 16 heavy (non-hydrogen) atoms. The molecule has 0 bridgehead atoms. The molecule has 0 radical (unpaired) electrons. The first kappa shape index (κ1) is 11.3. The molecule has 0 saturated heterocycles. The van der Waals surface area contributed by atoms with Crippen molar-refractivity contribution in [1.82, 2.24) is 5.32 Å². The minimum atomic E-state index is -4.17. The van der Waals surface area contributed by atoms with Gasteiger partial charge in [-0.3, -0.25) is 0 Å². The second-order valence-corrected chi connectivity index (χ2v) is 3.72. The van der Waals surface area contributed by atoms with E-state index in [1.807, 2.05) is 6.07 Å². The van der Waals surface area contributed by atoms with Crippen molar-refractivity contribution < 1.29 is 17.9 Å². The van der Waals surface area contributed by atoms with Gasteiger partial charge in [0.25, 0.3) is 0 Å². The highest BCUT2D eigenvalue weighted by molar-refractivity contribution is 5.37. The molecule has 0 spiro atoms. The Morgan fingerprint density at radius 3 is 2.81 bits per heavy atom. The first-order chi connectivity index (χ1) is 7.56. The molecule has 1 atom stereocenters. The first-order valence-electron chi connectivity index (χ1n) is 5.08. The van der Waals surface area contributed by atoms with Gasteiger partial charge in [0, 0.05) is 18.0 Å².